The maximum absolute atomic E-state index is 5.80. The molecule has 1 atom stereocenters. The van der Waals surface area contributed by atoms with Gasteiger partial charge in [0.2, 0.25) is 5.95 Å². The minimum absolute atomic E-state index is 0.0487. The maximum atomic E-state index is 5.80. The Kier molecular flexibility index (Phi) is 4.34. The van der Waals surface area contributed by atoms with E-state index in [4.69, 9.17) is 4.74 Å². The van der Waals surface area contributed by atoms with Gasteiger partial charge in [-0.25, -0.2) is 9.97 Å². The van der Waals surface area contributed by atoms with Gasteiger partial charge >= 0.3 is 0 Å². The second-order valence-electron chi connectivity index (χ2n) is 4.71. The molecule has 0 aliphatic rings. The number of aryl methyl sites for hydroxylation is 2. The third-order valence-electron chi connectivity index (χ3n) is 2.69. The molecule has 0 aliphatic heterocycles. The fourth-order valence-corrected chi connectivity index (χ4v) is 1.61. The van der Waals surface area contributed by atoms with Gasteiger partial charge < -0.3 is 10.1 Å². The lowest BCUT2D eigenvalue weighted by atomic mass is 10.2. The number of hydrogen-bond acceptors (Lipinski definition) is 4. The van der Waals surface area contributed by atoms with Crippen LogP contribution in [-0.2, 0) is 0 Å². The van der Waals surface area contributed by atoms with Crippen LogP contribution >= 0.6 is 0 Å². The largest absolute Gasteiger partial charge is 0.489 e. The van der Waals surface area contributed by atoms with Crippen LogP contribution in [0.2, 0.25) is 0 Å². The van der Waals surface area contributed by atoms with E-state index in [1.54, 1.807) is 12.4 Å². The lowest BCUT2D eigenvalue weighted by Gasteiger charge is -2.15. The summed E-state index contributed by atoms with van der Waals surface area (Å²) >= 11 is 0. The van der Waals surface area contributed by atoms with Crippen molar-refractivity contribution >= 4 is 5.95 Å². The van der Waals surface area contributed by atoms with Crippen LogP contribution in [0.25, 0.3) is 0 Å². The molecule has 4 nitrogen and oxygen atoms in total. The van der Waals surface area contributed by atoms with Gasteiger partial charge in [0.25, 0.3) is 0 Å². The normalized spacial score (nSPS) is 11.9. The topological polar surface area (TPSA) is 47.0 Å². The molecule has 1 unspecified atom stereocenters. The zero-order valence-electron chi connectivity index (χ0n) is 11.6. The van der Waals surface area contributed by atoms with Gasteiger partial charge in [-0.1, -0.05) is 17.7 Å². The van der Waals surface area contributed by atoms with Crippen LogP contribution in [-0.4, -0.2) is 22.6 Å². The first-order valence-electron chi connectivity index (χ1n) is 6.39. The van der Waals surface area contributed by atoms with Gasteiger partial charge in [-0.05, 0) is 38.5 Å². The fraction of sp³-hybridized carbons (Fsp3) is 0.333. The second-order valence-corrected chi connectivity index (χ2v) is 4.71. The van der Waals surface area contributed by atoms with Gasteiger partial charge in [0, 0.05) is 12.4 Å². The predicted octanol–water partition coefficient (Wildman–Crippen LogP) is 2.97. The van der Waals surface area contributed by atoms with Gasteiger partial charge in [0.1, 0.15) is 11.9 Å². The zero-order valence-corrected chi connectivity index (χ0v) is 11.6. The van der Waals surface area contributed by atoms with Crippen LogP contribution < -0.4 is 10.1 Å². The van der Waals surface area contributed by atoms with Crippen molar-refractivity contribution in [1.29, 1.82) is 0 Å². The van der Waals surface area contributed by atoms with Crippen molar-refractivity contribution in [2.24, 2.45) is 0 Å². The molecule has 100 valence electrons. The molecular formula is C15H19N3O. The monoisotopic (exact) mass is 257 g/mol. The molecule has 0 fully saturated rings. The number of benzene rings is 1. The third-order valence-corrected chi connectivity index (χ3v) is 2.69. The van der Waals surface area contributed by atoms with Crippen molar-refractivity contribution in [1.82, 2.24) is 9.97 Å². The summed E-state index contributed by atoms with van der Waals surface area (Å²) < 4.78 is 5.80. The Bertz CT molecular complexity index is 508. The van der Waals surface area contributed by atoms with E-state index in [1.807, 2.05) is 38.1 Å². The summed E-state index contributed by atoms with van der Waals surface area (Å²) in [5, 5.41) is 3.16. The number of nitrogens with one attached hydrogen (secondary N) is 1. The SMILES string of the molecule is Cc1ccc(OC(C)CNc2ncc(C)cn2)cc1. The van der Waals surface area contributed by atoms with Crippen LogP contribution in [0.4, 0.5) is 5.95 Å². The highest BCUT2D eigenvalue weighted by atomic mass is 16.5. The van der Waals surface area contributed by atoms with E-state index >= 15 is 0 Å². The summed E-state index contributed by atoms with van der Waals surface area (Å²) in [5.74, 6) is 1.51. The Hall–Kier alpha value is -2.10. The van der Waals surface area contributed by atoms with Crippen LogP contribution in [0.1, 0.15) is 18.1 Å². The highest BCUT2D eigenvalue weighted by Gasteiger charge is 2.04. The fourth-order valence-electron chi connectivity index (χ4n) is 1.61. The molecule has 0 bridgehead atoms. The minimum Gasteiger partial charge on any atom is -0.489 e. The van der Waals surface area contributed by atoms with Crippen LogP contribution in [0.5, 0.6) is 5.75 Å². The second kappa shape index (κ2) is 6.18. The van der Waals surface area contributed by atoms with E-state index < -0.39 is 0 Å². The van der Waals surface area contributed by atoms with Crippen molar-refractivity contribution in [3.05, 3.63) is 47.8 Å². The van der Waals surface area contributed by atoms with Crippen molar-refractivity contribution in [3.63, 3.8) is 0 Å². The van der Waals surface area contributed by atoms with Gasteiger partial charge in [0.15, 0.2) is 0 Å². The molecule has 0 radical (unpaired) electrons. The predicted molar refractivity (Wildman–Crippen MR) is 76.5 cm³/mol. The first-order chi connectivity index (χ1) is 9.13. The molecule has 1 aromatic heterocycles. The lowest BCUT2D eigenvalue weighted by Crippen LogP contribution is -2.23. The van der Waals surface area contributed by atoms with Crippen molar-refractivity contribution < 1.29 is 4.74 Å². The van der Waals surface area contributed by atoms with Crippen molar-refractivity contribution in [3.8, 4) is 5.75 Å². The molecule has 1 N–H and O–H groups in total. The van der Waals surface area contributed by atoms with Gasteiger partial charge in [0.05, 0.1) is 6.54 Å². The Balaban J connectivity index is 1.82. The van der Waals surface area contributed by atoms with Crippen LogP contribution in [0.15, 0.2) is 36.7 Å². The van der Waals surface area contributed by atoms with Gasteiger partial charge in [-0.2, -0.15) is 0 Å². The minimum atomic E-state index is 0.0487. The summed E-state index contributed by atoms with van der Waals surface area (Å²) in [6.45, 7) is 6.70. The third kappa shape index (κ3) is 4.25. The summed E-state index contributed by atoms with van der Waals surface area (Å²) in [6, 6.07) is 8.04. The van der Waals surface area contributed by atoms with E-state index in [1.165, 1.54) is 5.56 Å². The zero-order chi connectivity index (χ0) is 13.7. The van der Waals surface area contributed by atoms with Crippen LogP contribution in [0.3, 0.4) is 0 Å². The molecule has 4 heteroatoms. The van der Waals surface area contributed by atoms with E-state index in [2.05, 4.69) is 22.2 Å². The molecule has 0 saturated carbocycles. The smallest absolute Gasteiger partial charge is 0.222 e. The van der Waals surface area contributed by atoms with E-state index in [0.717, 1.165) is 11.3 Å². The number of ether oxygens (including phenoxy) is 1. The molecule has 0 saturated heterocycles. The molecule has 0 spiro atoms. The number of hydrogen-bond donors (Lipinski definition) is 1. The van der Waals surface area contributed by atoms with Crippen molar-refractivity contribution in [2.75, 3.05) is 11.9 Å². The molecule has 1 aromatic carbocycles. The highest BCUT2D eigenvalue weighted by molar-refractivity contribution is 5.27. The Morgan fingerprint density at radius 1 is 1.05 bits per heavy atom. The number of nitrogens with zero attached hydrogens (tertiary/aromatic N) is 2. The summed E-state index contributed by atoms with van der Waals surface area (Å²) in [5.41, 5.74) is 2.28. The standard InChI is InChI=1S/C15H19N3O/c1-11-4-6-14(7-5-11)19-13(3)10-18-15-16-8-12(2)9-17-15/h4-9,13H,10H2,1-3H3,(H,16,17,18). The maximum Gasteiger partial charge on any atom is 0.222 e. The number of rotatable bonds is 5. The Labute approximate surface area is 113 Å². The quantitative estimate of drug-likeness (QED) is 0.894. The highest BCUT2D eigenvalue weighted by Crippen LogP contribution is 2.13. The van der Waals surface area contributed by atoms with E-state index in [9.17, 15) is 0 Å². The van der Waals surface area contributed by atoms with E-state index in [0.29, 0.717) is 12.5 Å². The summed E-state index contributed by atoms with van der Waals surface area (Å²) in [4.78, 5) is 8.38. The molecular weight excluding hydrogens is 238 g/mol. The Morgan fingerprint density at radius 3 is 2.32 bits per heavy atom. The molecule has 0 aliphatic carbocycles. The molecule has 0 amide bonds. The van der Waals surface area contributed by atoms with Gasteiger partial charge in [-0.3, -0.25) is 0 Å². The lowest BCUT2D eigenvalue weighted by molar-refractivity contribution is 0.234. The number of anilines is 1. The molecule has 2 rings (SSSR count). The Morgan fingerprint density at radius 2 is 1.68 bits per heavy atom. The first kappa shape index (κ1) is 13.3. The van der Waals surface area contributed by atoms with Crippen LogP contribution in [0, 0.1) is 13.8 Å². The molecule has 19 heavy (non-hydrogen) atoms. The van der Waals surface area contributed by atoms with Gasteiger partial charge in [-0.15, -0.1) is 0 Å². The molecule has 1 heterocycles. The average Bonchev–Trinajstić information content (AvgIpc) is 2.41. The first-order valence-corrected chi connectivity index (χ1v) is 6.39. The van der Waals surface area contributed by atoms with E-state index in [-0.39, 0.29) is 6.10 Å². The number of aromatic nitrogens is 2. The van der Waals surface area contributed by atoms with Crippen molar-refractivity contribution in [2.45, 2.75) is 26.9 Å². The summed E-state index contributed by atoms with van der Waals surface area (Å²) in [7, 11) is 0. The molecule has 2 aromatic rings. The summed E-state index contributed by atoms with van der Waals surface area (Å²) in [6.07, 6.45) is 3.63. The average molecular weight is 257 g/mol.